The van der Waals surface area contributed by atoms with Gasteiger partial charge in [0.25, 0.3) is 0 Å². The van der Waals surface area contributed by atoms with Crippen molar-refractivity contribution in [1.29, 1.82) is 0 Å². The van der Waals surface area contributed by atoms with Crippen LogP contribution in [0, 0.1) is 5.92 Å². The highest BCUT2D eigenvalue weighted by Crippen LogP contribution is 2.44. The maximum absolute atomic E-state index is 9.79. The lowest BCUT2D eigenvalue weighted by atomic mass is 9.96. The minimum atomic E-state index is -0.149. The van der Waals surface area contributed by atoms with Crippen LogP contribution >= 0.6 is 0 Å². The van der Waals surface area contributed by atoms with Crippen molar-refractivity contribution in [2.45, 2.75) is 83.0 Å². The Morgan fingerprint density at radius 1 is 1.25 bits per heavy atom. The Hall–Kier alpha value is -0.0800. The van der Waals surface area contributed by atoms with Gasteiger partial charge in [-0.25, -0.2) is 0 Å². The molecule has 1 N–H and O–H groups in total. The fraction of sp³-hybridized carbons (Fsp3) is 1.00. The quantitative estimate of drug-likeness (QED) is 0.797. The summed E-state index contributed by atoms with van der Waals surface area (Å²) in [5, 5.41) is 9.79. The first kappa shape index (κ1) is 12.4. The summed E-state index contributed by atoms with van der Waals surface area (Å²) in [5.74, 6) is 0.377. The van der Waals surface area contributed by atoms with Gasteiger partial charge in [0.2, 0.25) is 0 Å². The molecule has 2 atom stereocenters. The second-order valence-electron chi connectivity index (χ2n) is 6.06. The lowest BCUT2D eigenvalue weighted by molar-refractivity contribution is -0.0442. The summed E-state index contributed by atoms with van der Waals surface area (Å²) in [7, 11) is 0. The van der Waals surface area contributed by atoms with Gasteiger partial charge in [0.1, 0.15) is 0 Å². The van der Waals surface area contributed by atoms with Gasteiger partial charge in [0.05, 0.1) is 17.8 Å². The van der Waals surface area contributed by atoms with Gasteiger partial charge in [-0.05, 0) is 44.4 Å². The molecule has 16 heavy (non-hydrogen) atoms. The number of hydrogen-bond donors (Lipinski definition) is 1. The smallest absolute Gasteiger partial charge is 0.0687 e. The molecular formula is C14H26O2. The Bertz CT molecular complexity index is 219. The molecule has 0 amide bonds. The van der Waals surface area contributed by atoms with Crippen LogP contribution in [0.25, 0.3) is 0 Å². The predicted octanol–water partition coefficient (Wildman–Crippen LogP) is 3.28. The first-order chi connectivity index (χ1) is 7.61. The first-order valence-electron chi connectivity index (χ1n) is 6.97. The maximum atomic E-state index is 9.79. The fourth-order valence-electron chi connectivity index (χ4n) is 3.18. The van der Waals surface area contributed by atoms with Gasteiger partial charge >= 0.3 is 0 Å². The molecule has 1 aliphatic carbocycles. The van der Waals surface area contributed by atoms with Crippen LogP contribution < -0.4 is 0 Å². The third-order valence-corrected chi connectivity index (χ3v) is 4.41. The molecule has 0 aromatic rings. The summed E-state index contributed by atoms with van der Waals surface area (Å²) < 4.78 is 6.23. The molecule has 2 heteroatoms. The highest BCUT2D eigenvalue weighted by atomic mass is 16.5. The van der Waals surface area contributed by atoms with Crippen molar-refractivity contribution < 1.29 is 9.84 Å². The average Bonchev–Trinajstić information content (AvgIpc) is 2.86. The largest absolute Gasteiger partial charge is 0.393 e. The van der Waals surface area contributed by atoms with Gasteiger partial charge in [-0.15, -0.1) is 0 Å². The van der Waals surface area contributed by atoms with Crippen molar-refractivity contribution in [3.8, 4) is 0 Å². The molecule has 94 valence electrons. The number of aliphatic hydroxyl groups is 1. The van der Waals surface area contributed by atoms with E-state index in [1.54, 1.807) is 0 Å². The van der Waals surface area contributed by atoms with E-state index in [2.05, 4.69) is 13.8 Å². The Morgan fingerprint density at radius 2 is 1.94 bits per heavy atom. The molecular weight excluding hydrogens is 200 g/mol. The van der Waals surface area contributed by atoms with Crippen LogP contribution in [0.15, 0.2) is 0 Å². The molecule has 2 aliphatic rings. The van der Waals surface area contributed by atoms with Crippen molar-refractivity contribution in [2.75, 3.05) is 0 Å². The van der Waals surface area contributed by atoms with Gasteiger partial charge in [-0.2, -0.15) is 0 Å². The molecule has 1 heterocycles. The summed E-state index contributed by atoms with van der Waals surface area (Å²) in [6.45, 7) is 4.16. The second-order valence-corrected chi connectivity index (χ2v) is 6.06. The van der Waals surface area contributed by atoms with Gasteiger partial charge in [0, 0.05) is 0 Å². The zero-order valence-electron chi connectivity index (χ0n) is 10.7. The van der Waals surface area contributed by atoms with Crippen LogP contribution in [0.3, 0.4) is 0 Å². The highest BCUT2D eigenvalue weighted by Gasteiger charge is 2.41. The topological polar surface area (TPSA) is 29.5 Å². The summed E-state index contributed by atoms with van der Waals surface area (Å²) in [4.78, 5) is 0. The SMILES string of the molecule is CC(C)C(O)CCC1CCC2(CCCC2)O1. The Morgan fingerprint density at radius 3 is 2.56 bits per heavy atom. The molecule has 1 saturated carbocycles. The molecule has 2 fully saturated rings. The van der Waals surface area contributed by atoms with Crippen molar-refractivity contribution in [3.63, 3.8) is 0 Å². The van der Waals surface area contributed by atoms with Gasteiger partial charge < -0.3 is 9.84 Å². The van der Waals surface area contributed by atoms with Crippen molar-refractivity contribution in [3.05, 3.63) is 0 Å². The van der Waals surface area contributed by atoms with E-state index in [4.69, 9.17) is 4.74 Å². The van der Waals surface area contributed by atoms with E-state index in [1.807, 2.05) is 0 Å². The van der Waals surface area contributed by atoms with Crippen LogP contribution in [-0.4, -0.2) is 22.9 Å². The first-order valence-corrected chi connectivity index (χ1v) is 6.97. The second kappa shape index (κ2) is 5.05. The normalized spacial score (nSPS) is 30.4. The lowest BCUT2D eigenvalue weighted by Crippen LogP contribution is -2.25. The average molecular weight is 226 g/mol. The minimum absolute atomic E-state index is 0.149. The van der Waals surface area contributed by atoms with Gasteiger partial charge in [-0.3, -0.25) is 0 Å². The number of aliphatic hydroxyl groups excluding tert-OH is 1. The zero-order valence-corrected chi connectivity index (χ0v) is 10.7. The van der Waals surface area contributed by atoms with E-state index in [0.717, 1.165) is 12.8 Å². The van der Waals surface area contributed by atoms with Gasteiger partial charge in [-0.1, -0.05) is 26.7 Å². The van der Waals surface area contributed by atoms with Crippen LogP contribution in [0.5, 0.6) is 0 Å². The van der Waals surface area contributed by atoms with E-state index < -0.39 is 0 Å². The standard InChI is InChI=1S/C14H26O2/c1-11(2)13(15)6-5-12-7-10-14(16-12)8-3-4-9-14/h11-13,15H,3-10H2,1-2H3. The Labute approximate surface area is 99.4 Å². The van der Waals surface area contributed by atoms with E-state index in [9.17, 15) is 5.11 Å². The predicted molar refractivity (Wildman–Crippen MR) is 65.4 cm³/mol. The molecule has 1 saturated heterocycles. The lowest BCUT2D eigenvalue weighted by Gasteiger charge is -2.24. The van der Waals surface area contributed by atoms with Crippen molar-refractivity contribution in [2.24, 2.45) is 5.92 Å². The molecule has 1 aliphatic heterocycles. The number of hydrogen-bond acceptors (Lipinski definition) is 2. The minimum Gasteiger partial charge on any atom is -0.393 e. The third-order valence-electron chi connectivity index (χ3n) is 4.41. The van der Waals surface area contributed by atoms with Crippen LogP contribution in [0.4, 0.5) is 0 Å². The van der Waals surface area contributed by atoms with E-state index in [-0.39, 0.29) is 11.7 Å². The number of rotatable bonds is 4. The van der Waals surface area contributed by atoms with E-state index in [0.29, 0.717) is 12.0 Å². The van der Waals surface area contributed by atoms with Crippen LogP contribution in [0.2, 0.25) is 0 Å². The fourth-order valence-corrected chi connectivity index (χ4v) is 3.18. The van der Waals surface area contributed by atoms with Crippen molar-refractivity contribution in [1.82, 2.24) is 0 Å². The Balaban J connectivity index is 1.72. The van der Waals surface area contributed by atoms with E-state index >= 15 is 0 Å². The Kier molecular flexibility index (Phi) is 3.91. The molecule has 0 aromatic carbocycles. The molecule has 1 spiro atoms. The molecule has 2 nitrogen and oxygen atoms in total. The van der Waals surface area contributed by atoms with Crippen LogP contribution in [0.1, 0.15) is 65.2 Å². The monoisotopic (exact) mass is 226 g/mol. The zero-order chi connectivity index (χ0) is 11.6. The molecule has 2 rings (SSSR count). The third kappa shape index (κ3) is 2.78. The summed E-state index contributed by atoms with van der Waals surface area (Å²) in [6.07, 6.45) is 9.93. The number of ether oxygens (including phenoxy) is 1. The molecule has 0 aromatic heterocycles. The van der Waals surface area contributed by atoms with E-state index in [1.165, 1.54) is 38.5 Å². The van der Waals surface area contributed by atoms with Gasteiger partial charge in [0.15, 0.2) is 0 Å². The van der Waals surface area contributed by atoms with Crippen molar-refractivity contribution >= 4 is 0 Å². The molecule has 2 unspecified atom stereocenters. The summed E-state index contributed by atoms with van der Waals surface area (Å²) in [6, 6.07) is 0. The summed E-state index contributed by atoms with van der Waals surface area (Å²) >= 11 is 0. The summed E-state index contributed by atoms with van der Waals surface area (Å²) in [5.41, 5.74) is 0.257. The molecule has 0 radical (unpaired) electrons. The molecule has 0 bridgehead atoms. The van der Waals surface area contributed by atoms with Crippen LogP contribution in [-0.2, 0) is 4.74 Å². The maximum Gasteiger partial charge on any atom is 0.0687 e. The highest BCUT2D eigenvalue weighted by molar-refractivity contribution is 4.92.